The standard InChI is InChI=1S/C22H23N4O2/c1-13-11-19(28-4)18(12-23-13)25-22(27)17-10-14(2)24-21-20(17)15(3)26(21)16-8-6-5-7-9-16/h5-12,22,25,27H,1-4H3/q+1. The van der Waals surface area contributed by atoms with Crippen molar-refractivity contribution < 1.29 is 9.84 Å². The number of pyridine rings is 2. The van der Waals surface area contributed by atoms with Gasteiger partial charge in [-0.2, -0.15) is 4.58 Å². The summed E-state index contributed by atoms with van der Waals surface area (Å²) < 4.78 is 7.51. The van der Waals surface area contributed by atoms with Gasteiger partial charge in [-0.15, -0.1) is 0 Å². The van der Waals surface area contributed by atoms with Crippen molar-refractivity contribution in [3.63, 3.8) is 0 Å². The van der Waals surface area contributed by atoms with Crippen molar-refractivity contribution in [2.24, 2.45) is 0 Å². The van der Waals surface area contributed by atoms with Gasteiger partial charge in [0.1, 0.15) is 28.0 Å². The molecule has 1 atom stereocenters. The van der Waals surface area contributed by atoms with E-state index in [1.54, 1.807) is 13.3 Å². The summed E-state index contributed by atoms with van der Waals surface area (Å²) in [5.41, 5.74) is 6.09. The maximum absolute atomic E-state index is 10.9. The number of rotatable bonds is 5. The lowest BCUT2D eigenvalue weighted by Gasteiger charge is -2.20. The number of aliphatic hydroxyl groups excluding tert-OH is 1. The molecule has 1 unspecified atom stereocenters. The number of aliphatic hydroxyl groups is 1. The van der Waals surface area contributed by atoms with E-state index in [1.165, 1.54) is 0 Å². The van der Waals surface area contributed by atoms with Crippen LogP contribution in [0.3, 0.4) is 0 Å². The Morgan fingerprint density at radius 1 is 1.07 bits per heavy atom. The second kappa shape index (κ2) is 7.05. The molecule has 4 rings (SSSR count). The van der Waals surface area contributed by atoms with Gasteiger partial charge < -0.3 is 15.2 Å². The zero-order chi connectivity index (χ0) is 19.8. The van der Waals surface area contributed by atoms with Gasteiger partial charge in [-0.25, -0.2) is 0 Å². The largest absolute Gasteiger partial charge is 0.494 e. The lowest BCUT2D eigenvalue weighted by atomic mass is 10.1. The summed E-state index contributed by atoms with van der Waals surface area (Å²) >= 11 is 0. The Hall–Kier alpha value is -3.25. The fraction of sp³-hybridized carbons (Fsp3) is 0.227. The molecule has 3 heterocycles. The molecule has 0 fully saturated rings. The molecule has 2 aromatic heterocycles. The van der Waals surface area contributed by atoms with E-state index in [2.05, 4.69) is 14.9 Å². The number of fused-ring (bicyclic) bond motifs is 1. The van der Waals surface area contributed by atoms with Crippen LogP contribution in [0.2, 0.25) is 0 Å². The first-order valence-electron chi connectivity index (χ1n) is 9.15. The van der Waals surface area contributed by atoms with Gasteiger partial charge in [-0.1, -0.05) is 18.2 Å². The number of nitrogens with zero attached hydrogens (tertiary/aromatic N) is 3. The highest BCUT2D eigenvalue weighted by Crippen LogP contribution is 2.27. The first-order valence-corrected chi connectivity index (χ1v) is 9.15. The molecule has 1 aromatic carbocycles. The van der Waals surface area contributed by atoms with Crippen LogP contribution in [0.15, 0.2) is 48.7 Å². The van der Waals surface area contributed by atoms with E-state index in [9.17, 15) is 5.11 Å². The van der Waals surface area contributed by atoms with Gasteiger partial charge in [-0.3, -0.25) is 4.98 Å². The molecule has 3 aromatic rings. The van der Waals surface area contributed by atoms with Gasteiger partial charge in [0.25, 0.3) is 0 Å². The number of ether oxygens (including phenoxy) is 1. The molecule has 0 saturated carbocycles. The van der Waals surface area contributed by atoms with Gasteiger partial charge in [0.2, 0.25) is 0 Å². The smallest absolute Gasteiger partial charge is 0.340 e. The Morgan fingerprint density at radius 3 is 2.54 bits per heavy atom. The lowest BCUT2D eigenvalue weighted by molar-refractivity contribution is 0.205. The van der Waals surface area contributed by atoms with Crippen molar-refractivity contribution in [2.45, 2.75) is 27.0 Å². The minimum absolute atomic E-state index is 0.640. The van der Waals surface area contributed by atoms with Gasteiger partial charge in [-0.05, 0) is 37.0 Å². The van der Waals surface area contributed by atoms with Crippen LogP contribution in [0.25, 0.3) is 5.70 Å². The molecule has 0 saturated heterocycles. The third-order valence-electron chi connectivity index (χ3n) is 4.89. The highest BCUT2D eigenvalue weighted by molar-refractivity contribution is 5.61. The second-order valence-electron chi connectivity index (χ2n) is 6.88. The average Bonchev–Trinajstić information content (AvgIpc) is 2.69. The lowest BCUT2D eigenvalue weighted by Crippen LogP contribution is -2.53. The first-order chi connectivity index (χ1) is 13.5. The summed E-state index contributed by atoms with van der Waals surface area (Å²) in [4.78, 5) is 8.99. The van der Waals surface area contributed by atoms with E-state index in [-0.39, 0.29) is 0 Å². The normalized spacial score (nSPS) is 13.6. The number of aryl methyl sites for hydroxylation is 2. The minimum Gasteiger partial charge on any atom is -0.494 e. The minimum atomic E-state index is -0.915. The molecule has 28 heavy (non-hydrogen) atoms. The van der Waals surface area contributed by atoms with Crippen LogP contribution >= 0.6 is 0 Å². The van der Waals surface area contributed by atoms with E-state index in [4.69, 9.17) is 9.72 Å². The van der Waals surface area contributed by atoms with E-state index in [0.29, 0.717) is 11.4 Å². The molecule has 2 N–H and O–H groups in total. The summed E-state index contributed by atoms with van der Waals surface area (Å²) in [6.07, 6.45) is 0.756. The van der Waals surface area contributed by atoms with Crippen LogP contribution in [-0.4, -0.2) is 22.2 Å². The monoisotopic (exact) mass is 375 g/mol. The molecule has 0 radical (unpaired) electrons. The Kier molecular flexibility index (Phi) is 4.57. The first kappa shape index (κ1) is 18.1. The number of aromatic nitrogens is 2. The summed E-state index contributed by atoms with van der Waals surface area (Å²) in [5, 5.41) is 15.0. The van der Waals surface area contributed by atoms with Crippen molar-refractivity contribution in [3.05, 3.63) is 76.3 Å². The van der Waals surface area contributed by atoms with Gasteiger partial charge >= 0.3 is 5.49 Å². The van der Waals surface area contributed by atoms with Crippen LogP contribution in [0, 0.1) is 13.8 Å². The van der Waals surface area contributed by atoms with Crippen molar-refractivity contribution in [1.82, 2.24) is 14.5 Å². The fourth-order valence-electron chi connectivity index (χ4n) is 3.58. The van der Waals surface area contributed by atoms with Gasteiger partial charge in [0.15, 0.2) is 6.23 Å². The van der Waals surface area contributed by atoms with Crippen molar-refractivity contribution in [2.75, 3.05) is 12.4 Å². The van der Waals surface area contributed by atoms with Crippen LogP contribution in [0.4, 0.5) is 11.4 Å². The molecule has 6 heteroatoms. The SMILES string of the molecule is COc1cc(C)ncc1NC(O)c1cc(C)nc2c1=C(C)[N+]=2c1ccccc1. The van der Waals surface area contributed by atoms with Crippen LogP contribution in [0.1, 0.15) is 30.1 Å². The average molecular weight is 375 g/mol. The molecular weight excluding hydrogens is 352 g/mol. The van der Waals surface area contributed by atoms with Crippen molar-refractivity contribution in [3.8, 4) is 5.75 Å². The van der Waals surface area contributed by atoms with Crippen molar-refractivity contribution >= 4 is 17.1 Å². The van der Waals surface area contributed by atoms with Crippen molar-refractivity contribution in [1.29, 1.82) is 0 Å². The number of hydrogen-bond donors (Lipinski definition) is 2. The van der Waals surface area contributed by atoms with Crippen LogP contribution in [0.5, 0.6) is 5.75 Å². The summed E-state index contributed by atoms with van der Waals surface area (Å²) in [6, 6.07) is 13.8. The summed E-state index contributed by atoms with van der Waals surface area (Å²) in [7, 11) is 1.60. The Labute approximate surface area is 163 Å². The third kappa shape index (κ3) is 3.01. The number of hydrogen-bond acceptors (Lipinski definition) is 5. The molecule has 1 aliphatic rings. The molecule has 0 spiro atoms. The number of benzene rings is 1. The van der Waals surface area contributed by atoms with Gasteiger partial charge in [0.05, 0.1) is 19.0 Å². The number of para-hydroxylation sites is 1. The molecule has 6 nitrogen and oxygen atoms in total. The number of nitrogens with one attached hydrogen (secondary N) is 1. The zero-order valence-corrected chi connectivity index (χ0v) is 16.4. The van der Waals surface area contributed by atoms with E-state index >= 15 is 0 Å². The Balaban J connectivity index is 1.78. The summed E-state index contributed by atoms with van der Waals surface area (Å²) in [6.45, 7) is 5.87. The summed E-state index contributed by atoms with van der Waals surface area (Å²) in [5.74, 6) is 0.641. The topological polar surface area (TPSA) is 70.3 Å². The quantitative estimate of drug-likeness (QED) is 0.528. The van der Waals surface area contributed by atoms with E-state index in [1.807, 2.05) is 63.2 Å². The second-order valence-corrected chi connectivity index (χ2v) is 6.88. The maximum atomic E-state index is 10.9. The highest BCUT2D eigenvalue weighted by atomic mass is 16.5. The molecule has 0 amide bonds. The van der Waals surface area contributed by atoms with E-state index < -0.39 is 6.23 Å². The molecule has 0 aliphatic carbocycles. The predicted octanol–water partition coefficient (Wildman–Crippen LogP) is 2.17. The predicted molar refractivity (Wildman–Crippen MR) is 109 cm³/mol. The Morgan fingerprint density at radius 2 is 1.82 bits per heavy atom. The number of anilines is 1. The molecular formula is C22H23N4O2+. The molecule has 1 aliphatic heterocycles. The maximum Gasteiger partial charge on any atom is 0.340 e. The molecule has 142 valence electrons. The van der Waals surface area contributed by atoms with Gasteiger partial charge in [0, 0.05) is 24.2 Å². The van der Waals surface area contributed by atoms with Crippen LogP contribution < -0.4 is 25.3 Å². The van der Waals surface area contributed by atoms with E-state index in [0.717, 1.165) is 39.0 Å². The fourth-order valence-corrected chi connectivity index (χ4v) is 3.58. The molecule has 0 bridgehead atoms. The number of methoxy groups -OCH3 is 1. The highest BCUT2D eigenvalue weighted by Gasteiger charge is 2.29. The third-order valence-corrected chi connectivity index (χ3v) is 4.89. The van der Waals surface area contributed by atoms with Crippen LogP contribution in [-0.2, 0) is 0 Å². The zero-order valence-electron chi connectivity index (χ0n) is 16.4. The Bertz CT molecular complexity index is 1170.